The number of hydrogen-bond donors (Lipinski definition) is 2. The fourth-order valence-corrected chi connectivity index (χ4v) is 4.69. The molecule has 1 fully saturated rings. The predicted molar refractivity (Wildman–Crippen MR) is 95.8 cm³/mol. The van der Waals surface area contributed by atoms with E-state index in [0.29, 0.717) is 25.3 Å². The van der Waals surface area contributed by atoms with Crippen molar-refractivity contribution in [3.63, 3.8) is 0 Å². The van der Waals surface area contributed by atoms with E-state index < -0.39 is 27.0 Å². The highest BCUT2D eigenvalue weighted by Crippen LogP contribution is 2.37. The predicted octanol–water partition coefficient (Wildman–Crippen LogP) is 1.41. The van der Waals surface area contributed by atoms with Crippen molar-refractivity contribution in [1.82, 2.24) is 0 Å². The van der Waals surface area contributed by atoms with Gasteiger partial charge in [0.25, 0.3) is 0 Å². The van der Waals surface area contributed by atoms with Crippen LogP contribution in [0.4, 0.5) is 11.4 Å². The molecular weight excluding hydrogens is 360 g/mol. The number of nitrogens with one attached hydrogen (secondary N) is 1. The number of anilines is 2. The maximum atomic E-state index is 12.9. The summed E-state index contributed by atoms with van der Waals surface area (Å²) in [6.45, 7) is 2.58. The zero-order valence-corrected chi connectivity index (χ0v) is 15.3. The lowest BCUT2D eigenvalue weighted by Gasteiger charge is -2.33. The number of esters is 1. The number of rotatable bonds is 5. The van der Waals surface area contributed by atoms with Gasteiger partial charge in [-0.15, -0.1) is 0 Å². The van der Waals surface area contributed by atoms with Gasteiger partial charge in [0.2, 0.25) is 10.0 Å². The number of carbonyl (C=O) groups excluding carboxylic acids is 1. The Balaban J connectivity index is 1.93. The molecule has 0 saturated carbocycles. The summed E-state index contributed by atoms with van der Waals surface area (Å²) in [5.41, 5.74) is 6.40. The molecule has 142 valence electrons. The Labute approximate surface area is 152 Å². The molecule has 2 aliphatic rings. The minimum atomic E-state index is -3.93. The fourth-order valence-electron chi connectivity index (χ4n) is 3.13. The van der Waals surface area contributed by atoms with Crippen molar-refractivity contribution in [2.45, 2.75) is 30.8 Å². The normalized spacial score (nSPS) is 22.0. The quantitative estimate of drug-likeness (QED) is 0.584. The molecule has 3 N–H and O–H groups in total. The van der Waals surface area contributed by atoms with Crippen LogP contribution >= 0.6 is 0 Å². The second-order valence-corrected chi connectivity index (χ2v) is 7.95. The molecule has 0 amide bonds. The summed E-state index contributed by atoms with van der Waals surface area (Å²) in [6, 6.07) is 6.53. The van der Waals surface area contributed by atoms with E-state index in [0.717, 1.165) is 0 Å². The van der Waals surface area contributed by atoms with Gasteiger partial charge in [-0.25, -0.2) is 13.2 Å². The summed E-state index contributed by atoms with van der Waals surface area (Å²) >= 11 is 0. The molecular formula is C17H22N2O6S. The van der Waals surface area contributed by atoms with Crippen LogP contribution in [0.1, 0.15) is 19.8 Å². The number of benzene rings is 1. The third-order valence-electron chi connectivity index (χ3n) is 4.35. The molecule has 1 atom stereocenters. The third kappa shape index (κ3) is 3.69. The molecule has 26 heavy (non-hydrogen) atoms. The van der Waals surface area contributed by atoms with E-state index in [-0.39, 0.29) is 24.3 Å². The Morgan fingerprint density at radius 2 is 2.04 bits per heavy atom. The summed E-state index contributed by atoms with van der Waals surface area (Å²) in [6.07, 6.45) is 1.93. The van der Waals surface area contributed by atoms with Gasteiger partial charge in [-0.05, 0) is 31.6 Å². The molecule has 1 aromatic carbocycles. The highest BCUT2D eigenvalue weighted by molar-refractivity contribution is 7.93. The first kappa shape index (κ1) is 18.7. The van der Waals surface area contributed by atoms with E-state index in [4.69, 9.17) is 19.9 Å². The average Bonchev–Trinajstić information content (AvgIpc) is 3.04. The first-order chi connectivity index (χ1) is 12.4. The molecule has 8 nitrogen and oxygen atoms in total. The first-order valence-electron chi connectivity index (χ1n) is 8.41. The van der Waals surface area contributed by atoms with Crippen LogP contribution in [-0.4, -0.2) is 45.2 Å². The van der Waals surface area contributed by atoms with E-state index in [9.17, 15) is 13.2 Å². The van der Waals surface area contributed by atoms with Crippen molar-refractivity contribution in [1.29, 1.82) is 0 Å². The zero-order chi connectivity index (χ0) is 18.8. The smallest absolute Gasteiger partial charge is 0.335 e. The highest BCUT2D eigenvalue weighted by Gasteiger charge is 2.46. The summed E-state index contributed by atoms with van der Waals surface area (Å²) in [5.74, 6) is -1.75. The minimum Gasteiger partial charge on any atom is -0.463 e. The van der Waals surface area contributed by atoms with Gasteiger partial charge >= 0.3 is 5.97 Å². The Bertz CT molecular complexity index is 814. The van der Waals surface area contributed by atoms with Crippen molar-refractivity contribution < 1.29 is 27.4 Å². The van der Waals surface area contributed by atoms with Gasteiger partial charge in [0, 0.05) is 6.42 Å². The van der Waals surface area contributed by atoms with Crippen LogP contribution in [0.5, 0.6) is 0 Å². The molecule has 0 bridgehead atoms. The van der Waals surface area contributed by atoms with Gasteiger partial charge in [-0.1, -0.05) is 12.1 Å². The number of para-hydroxylation sites is 2. The second kappa shape index (κ2) is 7.26. The molecule has 1 unspecified atom stereocenters. The van der Waals surface area contributed by atoms with Gasteiger partial charge in [0.05, 0.1) is 36.8 Å². The zero-order valence-electron chi connectivity index (χ0n) is 14.4. The van der Waals surface area contributed by atoms with Crippen molar-refractivity contribution in [3.05, 3.63) is 35.9 Å². The Hall–Kier alpha value is -2.10. The van der Waals surface area contributed by atoms with E-state index >= 15 is 0 Å². The summed E-state index contributed by atoms with van der Waals surface area (Å²) in [5, 5.41) is -1.08. The SMILES string of the molecule is CCOC(=O)C1=CC2(CCC1S(=O)(=O)Nc1ccccc1N)OCCO2. The van der Waals surface area contributed by atoms with Crippen LogP contribution in [0.15, 0.2) is 35.9 Å². The standard InChI is InChI=1S/C17H22N2O6S/c1-2-23-16(20)12-11-17(24-9-10-25-17)8-7-15(12)26(21,22)19-14-6-4-3-5-13(14)18/h3-6,11,15,19H,2,7-10,18H2,1H3. The first-order valence-corrected chi connectivity index (χ1v) is 9.95. The number of ether oxygens (including phenoxy) is 3. The van der Waals surface area contributed by atoms with Crippen molar-refractivity contribution in [3.8, 4) is 0 Å². The Kier molecular flexibility index (Phi) is 5.22. The lowest BCUT2D eigenvalue weighted by molar-refractivity contribution is -0.143. The molecule has 0 aromatic heterocycles. The summed E-state index contributed by atoms with van der Waals surface area (Å²) in [7, 11) is -3.93. The van der Waals surface area contributed by atoms with Gasteiger partial charge in [0.1, 0.15) is 5.25 Å². The highest BCUT2D eigenvalue weighted by atomic mass is 32.2. The lowest BCUT2D eigenvalue weighted by atomic mass is 9.94. The summed E-state index contributed by atoms with van der Waals surface area (Å²) in [4.78, 5) is 12.4. The number of nitrogens with two attached hydrogens (primary N) is 1. The topological polar surface area (TPSA) is 117 Å². The molecule has 9 heteroatoms. The molecule has 1 heterocycles. The van der Waals surface area contributed by atoms with Gasteiger partial charge in [0.15, 0.2) is 5.79 Å². The molecule has 1 aromatic rings. The summed E-state index contributed by atoms with van der Waals surface area (Å²) < 4.78 is 44.6. The van der Waals surface area contributed by atoms with E-state index in [2.05, 4.69) is 4.72 Å². The second-order valence-electron chi connectivity index (χ2n) is 6.09. The molecule has 1 saturated heterocycles. The Morgan fingerprint density at radius 3 is 2.69 bits per heavy atom. The number of hydrogen-bond acceptors (Lipinski definition) is 7. The van der Waals surface area contributed by atoms with Crippen LogP contribution in [0.2, 0.25) is 0 Å². The van der Waals surface area contributed by atoms with Gasteiger partial charge in [-0.2, -0.15) is 0 Å². The Morgan fingerprint density at radius 1 is 1.35 bits per heavy atom. The maximum absolute atomic E-state index is 12.9. The fraction of sp³-hybridized carbons (Fsp3) is 0.471. The van der Waals surface area contributed by atoms with Crippen molar-refractivity contribution >= 4 is 27.4 Å². The molecule has 1 spiro atoms. The molecule has 0 radical (unpaired) electrons. The lowest BCUT2D eigenvalue weighted by Crippen LogP contribution is -2.42. The van der Waals surface area contributed by atoms with Crippen LogP contribution < -0.4 is 10.5 Å². The van der Waals surface area contributed by atoms with Crippen LogP contribution in [-0.2, 0) is 29.0 Å². The largest absolute Gasteiger partial charge is 0.463 e. The van der Waals surface area contributed by atoms with E-state index in [1.165, 1.54) is 6.08 Å². The van der Waals surface area contributed by atoms with E-state index in [1.807, 2.05) is 0 Å². The number of sulfonamides is 1. The van der Waals surface area contributed by atoms with Crippen LogP contribution in [0.25, 0.3) is 0 Å². The maximum Gasteiger partial charge on any atom is 0.335 e. The average molecular weight is 382 g/mol. The third-order valence-corrected chi connectivity index (χ3v) is 6.10. The number of carbonyl (C=O) groups is 1. The molecule has 3 rings (SSSR count). The van der Waals surface area contributed by atoms with Crippen LogP contribution in [0, 0.1) is 0 Å². The minimum absolute atomic E-state index is 0.0157. The molecule has 1 aliphatic heterocycles. The van der Waals surface area contributed by atoms with Gasteiger partial charge in [-0.3, -0.25) is 4.72 Å². The van der Waals surface area contributed by atoms with Crippen LogP contribution in [0.3, 0.4) is 0 Å². The number of nitrogen functional groups attached to an aromatic ring is 1. The van der Waals surface area contributed by atoms with Crippen molar-refractivity contribution in [2.75, 3.05) is 30.3 Å². The van der Waals surface area contributed by atoms with Gasteiger partial charge < -0.3 is 19.9 Å². The van der Waals surface area contributed by atoms with Crippen molar-refractivity contribution in [2.24, 2.45) is 0 Å². The monoisotopic (exact) mass is 382 g/mol. The molecule has 1 aliphatic carbocycles. The van der Waals surface area contributed by atoms with E-state index in [1.54, 1.807) is 31.2 Å².